The first-order chi connectivity index (χ1) is 8.65. The molecule has 0 spiro atoms. The van der Waals surface area contributed by atoms with Gasteiger partial charge in [-0.1, -0.05) is 12.1 Å². The van der Waals surface area contributed by atoms with Gasteiger partial charge >= 0.3 is 5.97 Å². The zero-order valence-corrected chi connectivity index (χ0v) is 10.3. The molecule has 0 bridgehead atoms. The van der Waals surface area contributed by atoms with Gasteiger partial charge in [-0.2, -0.15) is 0 Å². The van der Waals surface area contributed by atoms with Crippen LogP contribution in [0.1, 0.15) is 15.9 Å². The quantitative estimate of drug-likeness (QED) is 0.851. The van der Waals surface area contributed by atoms with E-state index in [1.54, 1.807) is 42.1 Å². The van der Waals surface area contributed by atoms with Crippen molar-refractivity contribution in [2.45, 2.75) is 10.6 Å². The number of rotatable bonds is 4. The van der Waals surface area contributed by atoms with Crippen LogP contribution in [-0.4, -0.2) is 11.1 Å². The van der Waals surface area contributed by atoms with Crippen molar-refractivity contribution >= 4 is 17.7 Å². The first-order valence-corrected chi connectivity index (χ1v) is 6.34. The Morgan fingerprint density at radius 2 is 1.89 bits per heavy atom. The summed E-state index contributed by atoms with van der Waals surface area (Å²) in [6, 6.07) is 13.1. The monoisotopic (exact) mass is 262 g/mol. The number of carboxylic acid groups (broad SMARTS) is 1. The molecule has 0 atom stereocenters. The maximum Gasteiger partial charge on any atom is 0.335 e. The molecule has 0 aliphatic heterocycles. The van der Waals surface area contributed by atoms with E-state index in [1.807, 2.05) is 6.07 Å². The van der Waals surface area contributed by atoms with E-state index in [1.165, 1.54) is 12.1 Å². The Bertz CT molecular complexity index is 552. The predicted molar refractivity (Wildman–Crippen MR) is 69.4 cm³/mol. The third-order valence-corrected chi connectivity index (χ3v) is 3.48. The van der Waals surface area contributed by atoms with Crippen LogP contribution in [-0.2, 0) is 5.75 Å². The lowest BCUT2D eigenvalue weighted by atomic mass is 10.2. The van der Waals surface area contributed by atoms with Crippen molar-refractivity contribution in [2.75, 3.05) is 0 Å². The number of thioether (sulfide) groups is 1. The summed E-state index contributed by atoms with van der Waals surface area (Å²) in [6.45, 7) is 0. The van der Waals surface area contributed by atoms with E-state index in [4.69, 9.17) is 5.11 Å². The van der Waals surface area contributed by atoms with E-state index in [0.717, 1.165) is 10.5 Å². The number of halogens is 1. The van der Waals surface area contributed by atoms with Gasteiger partial charge in [0.25, 0.3) is 0 Å². The molecule has 2 aromatic rings. The van der Waals surface area contributed by atoms with Crippen LogP contribution in [0.15, 0.2) is 53.4 Å². The number of carboxylic acids is 1. The van der Waals surface area contributed by atoms with Gasteiger partial charge in [-0.3, -0.25) is 0 Å². The molecule has 0 radical (unpaired) electrons. The largest absolute Gasteiger partial charge is 0.478 e. The van der Waals surface area contributed by atoms with Crippen molar-refractivity contribution < 1.29 is 14.3 Å². The highest BCUT2D eigenvalue weighted by Gasteiger charge is 2.02. The highest BCUT2D eigenvalue weighted by molar-refractivity contribution is 7.98. The van der Waals surface area contributed by atoms with Gasteiger partial charge in [-0.15, -0.1) is 11.8 Å². The molecular weight excluding hydrogens is 251 g/mol. The highest BCUT2D eigenvalue weighted by Crippen LogP contribution is 2.23. The fraction of sp³-hybridized carbons (Fsp3) is 0.0714. The molecule has 2 rings (SSSR count). The van der Waals surface area contributed by atoms with E-state index in [0.29, 0.717) is 5.75 Å². The average molecular weight is 262 g/mol. The molecule has 0 aromatic heterocycles. The maximum absolute atomic E-state index is 13.0. The molecule has 2 nitrogen and oxygen atoms in total. The smallest absolute Gasteiger partial charge is 0.335 e. The molecule has 0 fully saturated rings. The summed E-state index contributed by atoms with van der Waals surface area (Å²) in [5.41, 5.74) is 1.17. The Morgan fingerprint density at radius 1 is 1.17 bits per heavy atom. The molecule has 0 aliphatic rings. The molecule has 0 saturated heterocycles. The van der Waals surface area contributed by atoms with Gasteiger partial charge in [0, 0.05) is 10.6 Å². The summed E-state index contributed by atoms with van der Waals surface area (Å²) in [5, 5.41) is 8.77. The zero-order valence-electron chi connectivity index (χ0n) is 9.47. The van der Waals surface area contributed by atoms with Crippen molar-refractivity contribution in [3.63, 3.8) is 0 Å². The third kappa shape index (κ3) is 3.34. The first-order valence-electron chi connectivity index (χ1n) is 5.36. The van der Waals surface area contributed by atoms with Gasteiger partial charge in [0.15, 0.2) is 0 Å². The Labute approximate surface area is 108 Å². The van der Waals surface area contributed by atoms with E-state index >= 15 is 0 Å². The molecule has 0 saturated carbocycles. The summed E-state index contributed by atoms with van der Waals surface area (Å²) < 4.78 is 13.0. The Balaban J connectivity index is 2.00. The van der Waals surface area contributed by atoms with E-state index < -0.39 is 5.97 Å². The number of hydrogen-bond acceptors (Lipinski definition) is 2. The number of carbonyl (C=O) groups is 1. The van der Waals surface area contributed by atoms with Gasteiger partial charge in [-0.25, -0.2) is 9.18 Å². The van der Waals surface area contributed by atoms with Gasteiger partial charge < -0.3 is 5.11 Å². The summed E-state index contributed by atoms with van der Waals surface area (Å²) in [5.74, 6) is -0.518. The molecule has 0 unspecified atom stereocenters. The van der Waals surface area contributed by atoms with Crippen LogP contribution in [0, 0.1) is 5.82 Å². The van der Waals surface area contributed by atoms with Crippen molar-refractivity contribution in [1.29, 1.82) is 0 Å². The Kier molecular flexibility index (Phi) is 3.99. The predicted octanol–water partition coefficient (Wildman–Crippen LogP) is 3.82. The van der Waals surface area contributed by atoms with Crippen molar-refractivity contribution in [2.24, 2.45) is 0 Å². The first kappa shape index (κ1) is 12.6. The topological polar surface area (TPSA) is 37.3 Å². The van der Waals surface area contributed by atoms with Crippen molar-refractivity contribution in [1.82, 2.24) is 0 Å². The van der Waals surface area contributed by atoms with Gasteiger partial charge in [-0.05, 0) is 42.0 Å². The second kappa shape index (κ2) is 5.69. The Hall–Kier alpha value is -1.81. The number of aromatic carboxylic acids is 1. The molecule has 0 heterocycles. The van der Waals surface area contributed by atoms with Crippen LogP contribution < -0.4 is 0 Å². The number of hydrogen-bond donors (Lipinski definition) is 1. The normalized spacial score (nSPS) is 10.3. The molecule has 0 amide bonds. The molecule has 2 aromatic carbocycles. The molecular formula is C14H11FO2S. The maximum atomic E-state index is 13.0. The van der Waals surface area contributed by atoms with E-state index in [2.05, 4.69) is 0 Å². The lowest BCUT2D eigenvalue weighted by Gasteiger charge is -2.03. The van der Waals surface area contributed by atoms with Gasteiger partial charge in [0.2, 0.25) is 0 Å². The van der Waals surface area contributed by atoms with Crippen molar-refractivity contribution in [3.05, 3.63) is 65.5 Å². The van der Waals surface area contributed by atoms with Crippen LogP contribution in [0.5, 0.6) is 0 Å². The minimum atomic E-state index is -0.934. The van der Waals surface area contributed by atoms with Crippen LogP contribution >= 0.6 is 11.8 Å². The van der Waals surface area contributed by atoms with Crippen LogP contribution in [0.25, 0.3) is 0 Å². The van der Waals surface area contributed by atoms with E-state index in [-0.39, 0.29) is 11.4 Å². The minimum Gasteiger partial charge on any atom is -0.478 e. The summed E-state index contributed by atoms with van der Waals surface area (Å²) in [4.78, 5) is 11.6. The molecule has 1 N–H and O–H groups in total. The standard InChI is InChI=1S/C14H11FO2S/c15-12-3-1-2-10(8-12)9-18-13-6-4-11(5-7-13)14(16)17/h1-8H,9H2,(H,16,17). The van der Waals surface area contributed by atoms with Crippen LogP contribution in [0.4, 0.5) is 4.39 Å². The number of benzene rings is 2. The van der Waals surface area contributed by atoms with Gasteiger partial charge in [0.1, 0.15) is 5.82 Å². The van der Waals surface area contributed by atoms with Gasteiger partial charge in [0.05, 0.1) is 5.56 Å². The molecule has 18 heavy (non-hydrogen) atoms. The SMILES string of the molecule is O=C(O)c1ccc(SCc2cccc(F)c2)cc1. The lowest BCUT2D eigenvalue weighted by molar-refractivity contribution is 0.0697. The molecule has 0 aliphatic carbocycles. The van der Waals surface area contributed by atoms with Crippen LogP contribution in [0.3, 0.4) is 0 Å². The lowest BCUT2D eigenvalue weighted by Crippen LogP contribution is -1.94. The van der Waals surface area contributed by atoms with Crippen molar-refractivity contribution in [3.8, 4) is 0 Å². The third-order valence-electron chi connectivity index (χ3n) is 2.40. The second-order valence-electron chi connectivity index (χ2n) is 3.75. The van der Waals surface area contributed by atoms with E-state index in [9.17, 15) is 9.18 Å². The molecule has 4 heteroatoms. The zero-order chi connectivity index (χ0) is 13.0. The summed E-state index contributed by atoms with van der Waals surface area (Å²) >= 11 is 1.54. The fourth-order valence-electron chi connectivity index (χ4n) is 1.49. The summed E-state index contributed by atoms with van der Waals surface area (Å²) in [7, 11) is 0. The molecule has 92 valence electrons. The second-order valence-corrected chi connectivity index (χ2v) is 4.80. The highest BCUT2D eigenvalue weighted by atomic mass is 32.2. The van der Waals surface area contributed by atoms with Crippen LogP contribution in [0.2, 0.25) is 0 Å². The fourth-order valence-corrected chi connectivity index (χ4v) is 2.33. The minimum absolute atomic E-state index is 0.241. The average Bonchev–Trinajstić information content (AvgIpc) is 2.37. The Morgan fingerprint density at radius 3 is 2.50 bits per heavy atom. The summed E-state index contributed by atoms with van der Waals surface area (Å²) in [6.07, 6.45) is 0.